The van der Waals surface area contributed by atoms with Crippen molar-refractivity contribution in [1.82, 2.24) is 9.97 Å². The minimum absolute atomic E-state index is 0.0841. The van der Waals surface area contributed by atoms with Gasteiger partial charge in [-0.25, -0.2) is 19.6 Å². The molecule has 0 atom stereocenters. The van der Waals surface area contributed by atoms with Gasteiger partial charge >= 0.3 is 11.9 Å². The SMILES string of the molecule is COC(=O)c1cccc2c1CCN(c1cnc(C(=O)O)cn1)C2. The van der Waals surface area contributed by atoms with Crippen LogP contribution in [0.4, 0.5) is 5.82 Å². The average Bonchev–Trinajstić information content (AvgIpc) is 2.60. The van der Waals surface area contributed by atoms with Crippen molar-refractivity contribution in [2.45, 2.75) is 13.0 Å². The Kier molecular flexibility index (Phi) is 3.92. The highest BCUT2D eigenvalue weighted by atomic mass is 16.5. The number of hydrogen-bond donors (Lipinski definition) is 1. The van der Waals surface area contributed by atoms with Crippen molar-refractivity contribution in [1.29, 1.82) is 0 Å². The van der Waals surface area contributed by atoms with E-state index in [9.17, 15) is 9.59 Å². The third kappa shape index (κ3) is 2.85. The summed E-state index contributed by atoms with van der Waals surface area (Å²) in [6.07, 6.45) is 3.39. The van der Waals surface area contributed by atoms with Gasteiger partial charge in [-0.15, -0.1) is 0 Å². The average molecular weight is 313 g/mol. The van der Waals surface area contributed by atoms with Gasteiger partial charge in [-0.2, -0.15) is 0 Å². The second-order valence-corrected chi connectivity index (χ2v) is 5.17. The van der Waals surface area contributed by atoms with E-state index in [-0.39, 0.29) is 11.7 Å². The van der Waals surface area contributed by atoms with Gasteiger partial charge in [-0.05, 0) is 23.6 Å². The molecule has 23 heavy (non-hydrogen) atoms. The van der Waals surface area contributed by atoms with Gasteiger partial charge in [-0.1, -0.05) is 12.1 Å². The lowest BCUT2D eigenvalue weighted by molar-refractivity contribution is 0.0598. The van der Waals surface area contributed by atoms with E-state index in [1.807, 2.05) is 17.0 Å². The van der Waals surface area contributed by atoms with E-state index >= 15 is 0 Å². The number of carboxylic acids is 1. The second kappa shape index (κ2) is 6.04. The topological polar surface area (TPSA) is 92.6 Å². The zero-order valence-electron chi connectivity index (χ0n) is 12.5. The predicted octanol–water partition coefficient (Wildman–Crippen LogP) is 1.52. The molecule has 1 aromatic carbocycles. The van der Waals surface area contributed by atoms with Crippen LogP contribution in [0.1, 0.15) is 32.0 Å². The molecule has 0 saturated carbocycles. The lowest BCUT2D eigenvalue weighted by atomic mass is 9.94. The molecular formula is C16H15N3O4. The van der Waals surface area contributed by atoms with Gasteiger partial charge < -0.3 is 14.7 Å². The summed E-state index contributed by atoms with van der Waals surface area (Å²) in [5.41, 5.74) is 2.53. The number of hydrogen-bond acceptors (Lipinski definition) is 6. The van der Waals surface area contributed by atoms with Crippen molar-refractivity contribution in [3.8, 4) is 0 Å². The van der Waals surface area contributed by atoms with Crippen molar-refractivity contribution in [2.75, 3.05) is 18.6 Å². The molecular weight excluding hydrogens is 298 g/mol. The number of anilines is 1. The summed E-state index contributed by atoms with van der Waals surface area (Å²) in [4.78, 5) is 32.7. The smallest absolute Gasteiger partial charge is 0.356 e. The molecule has 0 radical (unpaired) electrons. The number of carbonyl (C=O) groups is 2. The lowest BCUT2D eigenvalue weighted by Crippen LogP contribution is -2.32. The molecule has 0 unspecified atom stereocenters. The molecule has 0 amide bonds. The van der Waals surface area contributed by atoms with Crippen LogP contribution in [0.15, 0.2) is 30.6 Å². The van der Waals surface area contributed by atoms with Gasteiger partial charge in [0, 0.05) is 13.1 Å². The van der Waals surface area contributed by atoms with Crippen molar-refractivity contribution in [2.24, 2.45) is 0 Å². The van der Waals surface area contributed by atoms with Gasteiger partial charge in [-0.3, -0.25) is 0 Å². The third-order valence-corrected chi connectivity index (χ3v) is 3.85. The number of carboxylic acid groups (broad SMARTS) is 1. The maximum atomic E-state index is 11.8. The Morgan fingerprint density at radius 2 is 2.09 bits per heavy atom. The Labute approximate surface area is 132 Å². The minimum atomic E-state index is -1.10. The Hall–Kier alpha value is -2.96. The molecule has 2 heterocycles. The lowest BCUT2D eigenvalue weighted by Gasteiger charge is -2.30. The summed E-state index contributed by atoms with van der Waals surface area (Å²) in [6, 6.07) is 5.56. The highest BCUT2D eigenvalue weighted by molar-refractivity contribution is 5.91. The number of fused-ring (bicyclic) bond motifs is 1. The molecule has 1 N–H and O–H groups in total. The van der Waals surface area contributed by atoms with Crippen LogP contribution < -0.4 is 4.90 Å². The van der Waals surface area contributed by atoms with Crippen molar-refractivity contribution >= 4 is 17.8 Å². The van der Waals surface area contributed by atoms with Gasteiger partial charge in [0.05, 0.1) is 25.1 Å². The Morgan fingerprint density at radius 3 is 2.74 bits per heavy atom. The van der Waals surface area contributed by atoms with Crippen LogP contribution in [-0.4, -0.2) is 40.7 Å². The van der Waals surface area contributed by atoms with E-state index in [1.165, 1.54) is 19.5 Å². The number of rotatable bonds is 3. The van der Waals surface area contributed by atoms with Crippen molar-refractivity contribution in [3.05, 3.63) is 53.0 Å². The fourth-order valence-corrected chi connectivity index (χ4v) is 2.70. The monoisotopic (exact) mass is 313 g/mol. The molecule has 7 heteroatoms. The maximum Gasteiger partial charge on any atom is 0.356 e. The molecule has 0 aliphatic carbocycles. The summed E-state index contributed by atoms with van der Waals surface area (Å²) in [5, 5.41) is 8.86. The Morgan fingerprint density at radius 1 is 1.26 bits per heavy atom. The molecule has 0 bridgehead atoms. The van der Waals surface area contributed by atoms with Crippen LogP contribution >= 0.6 is 0 Å². The summed E-state index contributed by atoms with van der Waals surface area (Å²) in [7, 11) is 1.37. The largest absolute Gasteiger partial charge is 0.476 e. The maximum absolute atomic E-state index is 11.8. The number of esters is 1. The first-order valence-electron chi connectivity index (χ1n) is 7.09. The van der Waals surface area contributed by atoms with E-state index in [1.54, 1.807) is 6.07 Å². The fraction of sp³-hybridized carbons (Fsp3) is 0.250. The van der Waals surface area contributed by atoms with Crippen molar-refractivity contribution < 1.29 is 19.4 Å². The van der Waals surface area contributed by atoms with Crippen LogP contribution in [0.5, 0.6) is 0 Å². The summed E-state index contributed by atoms with van der Waals surface area (Å²) >= 11 is 0. The quantitative estimate of drug-likeness (QED) is 0.859. The van der Waals surface area contributed by atoms with Gasteiger partial charge in [0.2, 0.25) is 0 Å². The van der Waals surface area contributed by atoms with E-state index < -0.39 is 5.97 Å². The van der Waals surface area contributed by atoms with E-state index in [0.29, 0.717) is 30.9 Å². The zero-order chi connectivity index (χ0) is 16.4. The number of carbonyl (C=O) groups excluding carboxylic acids is 1. The first kappa shape index (κ1) is 15.0. The number of benzene rings is 1. The van der Waals surface area contributed by atoms with Crippen LogP contribution in [0.25, 0.3) is 0 Å². The normalized spacial score (nSPS) is 13.3. The summed E-state index contributed by atoms with van der Waals surface area (Å²) in [5.74, 6) is -0.819. The number of methoxy groups -OCH3 is 1. The first-order chi connectivity index (χ1) is 11.1. The molecule has 0 fully saturated rings. The minimum Gasteiger partial charge on any atom is -0.476 e. The molecule has 3 rings (SSSR count). The summed E-state index contributed by atoms with van der Waals surface area (Å²) in [6.45, 7) is 1.25. The molecule has 1 aliphatic rings. The van der Waals surface area contributed by atoms with Crippen LogP contribution in [0.3, 0.4) is 0 Å². The van der Waals surface area contributed by atoms with Gasteiger partial charge in [0.1, 0.15) is 5.82 Å². The number of ether oxygens (including phenoxy) is 1. The highest BCUT2D eigenvalue weighted by Gasteiger charge is 2.23. The Balaban J connectivity index is 1.86. The van der Waals surface area contributed by atoms with Crippen LogP contribution in [0.2, 0.25) is 0 Å². The number of aromatic nitrogens is 2. The first-order valence-corrected chi connectivity index (χ1v) is 7.09. The standard InChI is InChI=1S/C16H15N3O4/c1-23-16(22)12-4-2-3-10-9-19(6-5-11(10)12)14-8-17-13(7-18-14)15(20)21/h2-4,7-8H,5-6,9H2,1H3,(H,20,21). The van der Waals surface area contributed by atoms with E-state index in [2.05, 4.69) is 9.97 Å². The second-order valence-electron chi connectivity index (χ2n) is 5.17. The van der Waals surface area contributed by atoms with E-state index in [4.69, 9.17) is 9.84 Å². The molecule has 0 spiro atoms. The molecule has 7 nitrogen and oxygen atoms in total. The highest BCUT2D eigenvalue weighted by Crippen LogP contribution is 2.25. The van der Waals surface area contributed by atoms with Crippen molar-refractivity contribution in [3.63, 3.8) is 0 Å². The third-order valence-electron chi connectivity index (χ3n) is 3.85. The van der Waals surface area contributed by atoms with Gasteiger partial charge in [0.15, 0.2) is 5.69 Å². The molecule has 118 valence electrons. The molecule has 2 aromatic rings. The van der Waals surface area contributed by atoms with Crippen LogP contribution in [-0.2, 0) is 17.7 Å². The predicted molar refractivity (Wildman–Crippen MR) is 81.5 cm³/mol. The molecule has 1 aromatic heterocycles. The summed E-state index contributed by atoms with van der Waals surface area (Å²) < 4.78 is 4.82. The number of nitrogens with zero attached hydrogens (tertiary/aromatic N) is 3. The van der Waals surface area contributed by atoms with Gasteiger partial charge in [0.25, 0.3) is 0 Å². The fourth-order valence-electron chi connectivity index (χ4n) is 2.70. The Bertz CT molecular complexity index is 758. The molecule has 1 aliphatic heterocycles. The van der Waals surface area contributed by atoms with Crippen LogP contribution in [0, 0.1) is 0 Å². The number of aromatic carboxylic acids is 1. The van der Waals surface area contributed by atoms with E-state index in [0.717, 1.165) is 11.1 Å². The zero-order valence-corrected chi connectivity index (χ0v) is 12.5. The molecule has 0 saturated heterocycles.